The fourth-order valence-electron chi connectivity index (χ4n) is 2.75. The van der Waals surface area contributed by atoms with Gasteiger partial charge in [-0.25, -0.2) is 0 Å². The molecule has 0 amide bonds. The third-order valence-electron chi connectivity index (χ3n) is 3.17. The van der Waals surface area contributed by atoms with E-state index in [1.54, 1.807) is 0 Å². The Morgan fingerprint density at radius 2 is 1.92 bits per heavy atom. The first-order valence-corrected chi connectivity index (χ1v) is 6.16. The van der Waals surface area contributed by atoms with Gasteiger partial charge in [0.25, 0.3) is 0 Å². The topological polar surface area (TPSA) is 0 Å². The van der Waals surface area contributed by atoms with E-state index in [0.717, 1.165) is 5.92 Å². The molecule has 0 saturated heterocycles. The van der Waals surface area contributed by atoms with Crippen LogP contribution in [0.1, 0.15) is 73.1 Å². The van der Waals surface area contributed by atoms with Crippen LogP contribution in [0.3, 0.4) is 0 Å². The zero-order valence-electron chi connectivity index (χ0n) is 10.3. The standard InChI is InChI=1S/C11H22.C2H6/c1-4-7-11(3)8-5-6-10(2)9-11;1-2/h10H,4-9H2,1-3H3;1-2H3. The Labute approximate surface area is 85.1 Å². The van der Waals surface area contributed by atoms with Crippen LogP contribution in [0.4, 0.5) is 0 Å². The molecule has 0 aliphatic heterocycles. The maximum absolute atomic E-state index is 2.48. The maximum Gasteiger partial charge on any atom is -0.0323 e. The average Bonchev–Trinajstić information content (AvgIpc) is 2.07. The second kappa shape index (κ2) is 6.45. The minimum atomic E-state index is 0.701. The molecular weight excluding hydrogens is 156 g/mol. The van der Waals surface area contributed by atoms with Gasteiger partial charge in [0.2, 0.25) is 0 Å². The molecule has 0 bridgehead atoms. The third-order valence-corrected chi connectivity index (χ3v) is 3.17. The molecule has 0 aromatic heterocycles. The van der Waals surface area contributed by atoms with Gasteiger partial charge in [-0.15, -0.1) is 0 Å². The van der Waals surface area contributed by atoms with Crippen LogP contribution in [0.2, 0.25) is 0 Å². The molecule has 0 radical (unpaired) electrons. The average molecular weight is 184 g/mol. The lowest BCUT2D eigenvalue weighted by atomic mass is 9.69. The summed E-state index contributed by atoms with van der Waals surface area (Å²) in [5.41, 5.74) is 0.701. The van der Waals surface area contributed by atoms with Crippen LogP contribution in [0.25, 0.3) is 0 Å². The zero-order valence-corrected chi connectivity index (χ0v) is 10.3. The first-order valence-electron chi connectivity index (χ1n) is 6.16. The molecule has 0 heterocycles. The van der Waals surface area contributed by atoms with Gasteiger partial charge < -0.3 is 0 Å². The molecule has 1 rings (SSSR count). The van der Waals surface area contributed by atoms with E-state index in [9.17, 15) is 0 Å². The molecule has 2 unspecified atom stereocenters. The van der Waals surface area contributed by atoms with Crippen molar-refractivity contribution in [1.82, 2.24) is 0 Å². The fraction of sp³-hybridized carbons (Fsp3) is 1.00. The highest BCUT2D eigenvalue weighted by Gasteiger charge is 2.28. The highest BCUT2D eigenvalue weighted by atomic mass is 14.3. The minimum Gasteiger partial charge on any atom is -0.0683 e. The van der Waals surface area contributed by atoms with Crippen LogP contribution in [0, 0.1) is 11.3 Å². The minimum absolute atomic E-state index is 0.701. The van der Waals surface area contributed by atoms with Crippen LogP contribution >= 0.6 is 0 Å². The van der Waals surface area contributed by atoms with Crippen molar-refractivity contribution in [2.75, 3.05) is 0 Å². The van der Waals surface area contributed by atoms with Gasteiger partial charge in [0.15, 0.2) is 0 Å². The molecule has 1 saturated carbocycles. The van der Waals surface area contributed by atoms with E-state index in [4.69, 9.17) is 0 Å². The van der Waals surface area contributed by atoms with E-state index in [2.05, 4.69) is 20.8 Å². The van der Waals surface area contributed by atoms with Crippen LogP contribution in [-0.2, 0) is 0 Å². The molecule has 1 fully saturated rings. The van der Waals surface area contributed by atoms with Crippen molar-refractivity contribution in [3.8, 4) is 0 Å². The van der Waals surface area contributed by atoms with Crippen molar-refractivity contribution < 1.29 is 0 Å². The second-order valence-corrected chi connectivity index (χ2v) is 4.76. The normalized spacial score (nSPS) is 33.5. The molecule has 0 aromatic carbocycles. The Kier molecular flexibility index (Phi) is 6.45. The van der Waals surface area contributed by atoms with Crippen LogP contribution < -0.4 is 0 Å². The van der Waals surface area contributed by atoms with Gasteiger partial charge >= 0.3 is 0 Å². The van der Waals surface area contributed by atoms with Crippen LogP contribution in [-0.4, -0.2) is 0 Å². The SMILES string of the molecule is CC.CCCC1(C)CCCC(C)C1. The maximum atomic E-state index is 2.48. The van der Waals surface area contributed by atoms with Gasteiger partial charge in [-0.05, 0) is 30.6 Å². The van der Waals surface area contributed by atoms with Gasteiger partial charge in [0, 0.05) is 0 Å². The Morgan fingerprint density at radius 3 is 2.38 bits per heavy atom. The summed E-state index contributed by atoms with van der Waals surface area (Å²) < 4.78 is 0. The molecule has 80 valence electrons. The Balaban J connectivity index is 0.000000671. The zero-order chi connectivity index (χ0) is 10.3. The Morgan fingerprint density at radius 1 is 1.31 bits per heavy atom. The van der Waals surface area contributed by atoms with Gasteiger partial charge in [-0.1, -0.05) is 53.9 Å². The van der Waals surface area contributed by atoms with Gasteiger partial charge in [-0.3, -0.25) is 0 Å². The lowest BCUT2D eigenvalue weighted by Gasteiger charge is -2.36. The molecule has 1 aliphatic rings. The van der Waals surface area contributed by atoms with E-state index < -0.39 is 0 Å². The monoisotopic (exact) mass is 184 g/mol. The third kappa shape index (κ3) is 4.69. The van der Waals surface area contributed by atoms with E-state index in [1.807, 2.05) is 13.8 Å². The van der Waals surface area contributed by atoms with Crippen LogP contribution in [0.15, 0.2) is 0 Å². The summed E-state index contributed by atoms with van der Waals surface area (Å²) in [7, 11) is 0. The first-order chi connectivity index (χ1) is 6.16. The Bertz CT molecular complexity index is 113. The number of hydrogen-bond donors (Lipinski definition) is 0. The molecule has 2 atom stereocenters. The van der Waals surface area contributed by atoms with Crippen molar-refractivity contribution in [1.29, 1.82) is 0 Å². The molecular formula is C13H28. The van der Waals surface area contributed by atoms with Crippen molar-refractivity contribution in [3.05, 3.63) is 0 Å². The molecule has 0 nitrogen and oxygen atoms in total. The van der Waals surface area contributed by atoms with Gasteiger partial charge in [-0.2, -0.15) is 0 Å². The fourth-order valence-corrected chi connectivity index (χ4v) is 2.75. The van der Waals surface area contributed by atoms with E-state index in [-0.39, 0.29) is 0 Å². The smallest absolute Gasteiger partial charge is 0.0323 e. The first kappa shape index (κ1) is 13.0. The summed E-state index contributed by atoms with van der Waals surface area (Å²) in [5, 5.41) is 0. The predicted octanol–water partition coefficient (Wildman–Crippen LogP) is 5.03. The summed E-state index contributed by atoms with van der Waals surface area (Å²) in [6.07, 6.45) is 8.70. The molecule has 0 spiro atoms. The van der Waals surface area contributed by atoms with E-state index in [1.165, 1.54) is 38.5 Å². The molecule has 0 heteroatoms. The van der Waals surface area contributed by atoms with E-state index in [0.29, 0.717) is 5.41 Å². The van der Waals surface area contributed by atoms with E-state index >= 15 is 0 Å². The second-order valence-electron chi connectivity index (χ2n) is 4.76. The molecule has 0 N–H and O–H groups in total. The predicted molar refractivity (Wildman–Crippen MR) is 62.0 cm³/mol. The summed E-state index contributed by atoms with van der Waals surface area (Å²) >= 11 is 0. The summed E-state index contributed by atoms with van der Waals surface area (Å²) in [5.74, 6) is 0.986. The van der Waals surface area contributed by atoms with Crippen molar-refractivity contribution >= 4 is 0 Å². The van der Waals surface area contributed by atoms with Crippen molar-refractivity contribution in [2.45, 2.75) is 73.1 Å². The van der Waals surface area contributed by atoms with Gasteiger partial charge in [0.1, 0.15) is 0 Å². The number of rotatable bonds is 2. The molecule has 0 aromatic rings. The Hall–Kier alpha value is 0. The quantitative estimate of drug-likeness (QED) is 0.564. The van der Waals surface area contributed by atoms with Crippen LogP contribution in [0.5, 0.6) is 0 Å². The highest BCUT2D eigenvalue weighted by molar-refractivity contribution is 4.80. The number of hydrogen-bond acceptors (Lipinski definition) is 0. The van der Waals surface area contributed by atoms with Gasteiger partial charge in [0.05, 0.1) is 0 Å². The lowest BCUT2D eigenvalue weighted by Crippen LogP contribution is -2.24. The summed E-state index contributed by atoms with van der Waals surface area (Å²) in [6, 6.07) is 0. The summed E-state index contributed by atoms with van der Waals surface area (Å²) in [4.78, 5) is 0. The van der Waals surface area contributed by atoms with Crippen molar-refractivity contribution in [3.63, 3.8) is 0 Å². The largest absolute Gasteiger partial charge is 0.0683 e. The highest BCUT2D eigenvalue weighted by Crippen LogP contribution is 2.41. The molecule has 13 heavy (non-hydrogen) atoms. The van der Waals surface area contributed by atoms with Crippen molar-refractivity contribution in [2.24, 2.45) is 11.3 Å². The molecule has 1 aliphatic carbocycles. The lowest BCUT2D eigenvalue weighted by molar-refractivity contribution is 0.154. The summed E-state index contributed by atoms with van der Waals surface area (Å²) in [6.45, 7) is 11.2.